The summed E-state index contributed by atoms with van der Waals surface area (Å²) in [4.78, 5) is 0. The minimum Gasteiger partial charge on any atom is -0.396 e. The van der Waals surface area contributed by atoms with Crippen molar-refractivity contribution >= 4 is 0 Å². The lowest BCUT2D eigenvalue weighted by Crippen LogP contribution is -2.23. The van der Waals surface area contributed by atoms with Gasteiger partial charge in [-0.2, -0.15) is 0 Å². The van der Waals surface area contributed by atoms with Crippen LogP contribution in [0.1, 0.15) is 32.4 Å². The van der Waals surface area contributed by atoms with E-state index >= 15 is 0 Å². The minimum absolute atomic E-state index is 0.293. The number of unbranched alkanes of at least 4 members (excludes halogenated alkanes) is 1. The highest BCUT2D eigenvalue weighted by Gasteiger charge is 2.01. The van der Waals surface area contributed by atoms with Crippen LogP contribution in [0.3, 0.4) is 0 Å². The van der Waals surface area contributed by atoms with Gasteiger partial charge in [0.1, 0.15) is 0 Å². The first-order valence-electron chi connectivity index (χ1n) is 5.72. The van der Waals surface area contributed by atoms with Gasteiger partial charge in [-0.3, -0.25) is 0 Å². The summed E-state index contributed by atoms with van der Waals surface area (Å²) in [6.45, 7) is 6.52. The van der Waals surface area contributed by atoms with Crippen molar-refractivity contribution in [1.82, 2.24) is 9.88 Å². The van der Waals surface area contributed by atoms with Crippen LogP contribution in [0.2, 0.25) is 0 Å². The summed E-state index contributed by atoms with van der Waals surface area (Å²) in [6, 6.07) is 4.75. The van der Waals surface area contributed by atoms with E-state index in [2.05, 4.69) is 42.1 Å². The molecule has 0 atom stereocenters. The van der Waals surface area contributed by atoms with E-state index in [0.717, 1.165) is 25.9 Å². The van der Waals surface area contributed by atoms with Gasteiger partial charge in [-0.1, -0.05) is 13.8 Å². The van der Waals surface area contributed by atoms with Gasteiger partial charge in [0.2, 0.25) is 0 Å². The molecule has 0 bridgehead atoms. The first kappa shape index (κ1) is 12.3. The molecule has 15 heavy (non-hydrogen) atoms. The second-order valence-electron chi connectivity index (χ2n) is 4.16. The Kier molecular flexibility index (Phi) is 5.43. The van der Waals surface area contributed by atoms with Gasteiger partial charge in [-0.15, -0.1) is 0 Å². The SMILES string of the molecule is CC(C)NCc1cccn1CCCCO. The van der Waals surface area contributed by atoms with Crippen LogP contribution in [-0.2, 0) is 13.1 Å². The van der Waals surface area contributed by atoms with Crippen LogP contribution in [0.4, 0.5) is 0 Å². The average Bonchev–Trinajstić information content (AvgIpc) is 2.63. The van der Waals surface area contributed by atoms with Gasteiger partial charge < -0.3 is 15.0 Å². The highest BCUT2D eigenvalue weighted by molar-refractivity contribution is 5.06. The van der Waals surface area contributed by atoms with Gasteiger partial charge in [-0.05, 0) is 25.0 Å². The highest BCUT2D eigenvalue weighted by Crippen LogP contribution is 2.04. The Labute approximate surface area is 92.1 Å². The first-order valence-corrected chi connectivity index (χ1v) is 5.72. The molecule has 2 N–H and O–H groups in total. The maximum absolute atomic E-state index is 8.72. The molecule has 0 aliphatic rings. The third kappa shape index (κ3) is 4.49. The number of aliphatic hydroxyl groups is 1. The molecule has 0 aliphatic heterocycles. The number of hydrogen-bond donors (Lipinski definition) is 2. The molecule has 0 unspecified atom stereocenters. The van der Waals surface area contributed by atoms with Crippen molar-refractivity contribution in [3.05, 3.63) is 24.0 Å². The fraction of sp³-hybridized carbons (Fsp3) is 0.667. The van der Waals surface area contributed by atoms with Gasteiger partial charge in [0.25, 0.3) is 0 Å². The summed E-state index contributed by atoms with van der Waals surface area (Å²) in [5.41, 5.74) is 1.32. The Balaban J connectivity index is 2.39. The van der Waals surface area contributed by atoms with Crippen molar-refractivity contribution in [3.8, 4) is 0 Å². The largest absolute Gasteiger partial charge is 0.396 e. The van der Waals surface area contributed by atoms with E-state index in [4.69, 9.17) is 5.11 Å². The van der Waals surface area contributed by atoms with Crippen molar-refractivity contribution in [1.29, 1.82) is 0 Å². The van der Waals surface area contributed by atoms with Gasteiger partial charge in [-0.25, -0.2) is 0 Å². The molecular weight excluding hydrogens is 188 g/mol. The predicted molar refractivity (Wildman–Crippen MR) is 62.7 cm³/mol. The molecular formula is C12H22N2O. The second kappa shape index (κ2) is 6.64. The number of nitrogens with zero attached hydrogens (tertiary/aromatic N) is 1. The topological polar surface area (TPSA) is 37.2 Å². The fourth-order valence-electron chi connectivity index (χ4n) is 1.53. The van der Waals surface area contributed by atoms with E-state index in [9.17, 15) is 0 Å². The molecule has 0 saturated heterocycles. The third-order valence-electron chi connectivity index (χ3n) is 2.42. The Bertz CT molecular complexity index is 268. The molecule has 1 heterocycles. The summed E-state index contributed by atoms with van der Waals surface area (Å²) < 4.78 is 2.26. The number of aliphatic hydroxyl groups excluding tert-OH is 1. The number of aryl methyl sites for hydroxylation is 1. The van der Waals surface area contributed by atoms with E-state index in [0.29, 0.717) is 12.6 Å². The van der Waals surface area contributed by atoms with Crippen LogP contribution < -0.4 is 5.32 Å². The van der Waals surface area contributed by atoms with E-state index in [1.165, 1.54) is 5.69 Å². The van der Waals surface area contributed by atoms with E-state index in [-0.39, 0.29) is 0 Å². The van der Waals surface area contributed by atoms with Gasteiger partial charge in [0.15, 0.2) is 0 Å². The molecule has 1 aromatic rings. The number of hydrogen-bond acceptors (Lipinski definition) is 2. The zero-order chi connectivity index (χ0) is 11.1. The molecule has 0 amide bonds. The number of aromatic nitrogens is 1. The molecule has 1 aromatic heterocycles. The zero-order valence-electron chi connectivity index (χ0n) is 9.74. The van der Waals surface area contributed by atoms with Gasteiger partial charge in [0, 0.05) is 37.6 Å². The number of nitrogens with one attached hydrogen (secondary N) is 1. The summed E-state index contributed by atoms with van der Waals surface area (Å²) in [6.07, 6.45) is 4.03. The lowest BCUT2D eigenvalue weighted by Gasteiger charge is -2.11. The molecule has 86 valence electrons. The fourth-order valence-corrected chi connectivity index (χ4v) is 1.53. The Hall–Kier alpha value is -0.800. The summed E-state index contributed by atoms with van der Waals surface area (Å²) in [5, 5.41) is 12.1. The molecule has 3 nitrogen and oxygen atoms in total. The van der Waals surface area contributed by atoms with Crippen molar-refractivity contribution in [2.75, 3.05) is 6.61 Å². The van der Waals surface area contributed by atoms with Crippen molar-refractivity contribution < 1.29 is 5.11 Å². The molecule has 1 rings (SSSR count). The summed E-state index contributed by atoms with van der Waals surface area (Å²) >= 11 is 0. The monoisotopic (exact) mass is 210 g/mol. The molecule has 0 saturated carbocycles. The van der Waals surface area contributed by atoms with Crippen molar-refractivity contribution in [2.24, 2.45) is 0 Å². The predicted octanol–water partition coefficient (Wildman–Crippen LogP) is 1.76. The molecule has 0 aromatic carbocycles. The lowest BCUT2D eigenvalue weighted by molar-refractivity contribution is 0.281. The molecule has 0 fully saturated rings. The van der Waals surface area contributed by atoms with Crippen LogP contribution in [0.5, 0.6) is 0 Å². The maximum Gasteiger partial charge on any atom is 0.0431 e. The normalized spacial score (nSPS) is 11.2. The third-order valence-corrected chi connectivity index (χ3v) is 2.42. The molecule has 3 heteroatoms. The summed E-state index contributed by atoms with van der Waals surface area (Å²) in [7, 11) is 0. The number of rotatable bonds is 7. The van der Waals surface area contributed by atoms with Crippen LogP contribution in [0, 0.1) is 0 Å². The molecule has 0 spiro atoms. The van der Waals surface area contributed by atoms with Crippen LogP contribution in [-0.4, -0.2) is 22.3 Å². The standard InChI is InChI=1S/C12H22N2O/c1-11(2)13-10-12-6-5-8-14(12)7-3-4-9-15/h5-6,8,11,13,15H,3-4,7,9-10H2,1-2H3. The van der Waals surface area contributed by atoms with E-state index in [1.807, 2.05) is 0 Å². The first-order chi connectivity index (χ1) is 7.24. The summed E-state index contributed by atoms with van der Waals surface area (Å²) in [5.74, 6) is 0. The molecule has 0 radical (unpaired) electrons. The minimum atomic E-state index is 0.293. The lowest BCUT2D eigenvalue weighted by atomic mass is 10.3. The van der Waals surface area contributed by atoms with Crippen LogP contribution in [0.25, 0.3) is 0 Å². The molecule has 0 aliphatic carbocycles. The van der Waals surface area contributed by atoms with E-state index in [1.54, 1.807) is 0 Å². The van der Waals surface area contributed by atoms with Crippen LogP contribution >= 0.6 is 0 Å². The Morgan fingerprint density at radius 2 is 2.20 bits per heavy atom. The average molecular weight is 210 g/mol. The second-order valence-corrected chi connectivity index (χ2v) is 4.16. The highest BCUT2D eigenvalue weighted by atomic mass is 16.2. The Morgan fingerprint density at radius 1 is 1.40 bits per heavy atom. The van der Waals surface area contributed by atoms with Crippen molar-refractivity contribution in [2.45, 2.75) is 45.8 Å². The Morgan fingerprint density at radius 3 is 2.87 bits per heavy atom. The van der Waals surface area contributed by atoms with E-state index < -0.39 is 0 Å². The van der Waals surface area contributed by atoms with Gasteiger partial charge in [0.05, 0.1) is 0 Å². The van der Waals surface area contributed by atoms with Crippen molar-refractivity contribution in [3.63, 3.8) is 0 Å². The smallest absolute Gasteiger partial charge is 0.0431 e. The van der Waals surface area contributed by atoms with Gasteiger partial charge >= 0.3 is 0 Å². The quantitative estimate of drug-likeness (QED) is 0.673. The zero-order valence-corrected chi connectivity index (χ0v) is 9.74. The maximum atomic E-state index is 8.72. The van der Waals surface area contributed by atoms with Crippen LogP contribution in [0.15, 0.2) is 18.3 Å².